The summed E-state index contributed by atoms with van der Waals surface area (Å²) in [5.74, 6) is -0.106. The first-order valence-electron chi connectivity index (χ1n) is 6.07. The van der Waals surface area contributed by atoms with E-state index in [0.29, 0.717) is 0 Å². The van der Waals surface area contributed by atoms with Gasteiger partial charge in [-0.25, -0.2) is 0 Å². The van der Waals surface area contributed by atoms with Gasteiger partial charge in [0.15, 0.2) is 5.78 Å². The third-order valence-electron chi connectivity index (χ3n) is 2.82. The Bertz CT molecular complexity index is 740. The maximum Gasteiger partial charge on any atom is 0.333 e. The van der Waals surface area contributed by atoms with Gasteiger partial charge < -0.3 is 4.57 Å². The fraction of sp³-hybridized carbons (Fsp3) is 0.143. The number of ketones is 1. The highest BCUT2D eigenvalue weighted by Crippen LogP contribution is 2.11. The molecule has 0 aliphatic heterocycles. The molecule has 0 atom stereocenters. The normalized spacial score (nSPS) is 10.3. The summed E-state index contributed by atoms with van der Waals surface area (Å²) in [5, 5.41) is 10.8. The van der Waals surface area contributed by atoms with Crippen molar-refractivity contribution in [1.82, 2.24) is 4.57 Å². The minimum absolute atomic E-state index is 0.0331. The van der Waals surface area contributed by atoms with Crippen molar-refractivity contribution in [3.63, 3.8) is 0 Å². The van der Waals surface area contributed by atoms with Crippen molar-refractivity contribution >= 4 is 27.4 Å². The van der Waals surface area contributed by atoms with Crippen LogP contribution in [0.5, 0.6) is 0 Å². The molecule has 0 N–H and O–H groups in total. The number of nitrogens with zero attached hydrogens (tertiary/aromatic N) is 2. The molecule has 7 heteroatoms. The lowest BCUT2D eigenvalue weighted by Crippen LogP contribution is -2.17. The van der Waals surface area contributed by atoms with Crippen LogP contribution in [-0.4, -0.2) is 15.3 Å². The quantitative estimate of drug-likeness (QED) is 0.612. The Morgan fingerprint density at radius 3 is 2.52 bits per heavy atom. The Kier molecular flexibility index (Phi) is 4.64. The molecular formula is C14H11BrN2O4. The smallest absolute Gasteiger partial charge is 0.333 e. The van der Waals surface area contributed by atoms with Gasteiger partial charge in [0.05, 0.1) is 22.1 Å². The second-order valence-electron chi connectivity index (χ2n) is 4.45. The van der Waals surface area contributed by atoms with Gasteiger partial charge in [0.25, 0.3) is 5.43 Å². The van der Waals surface area contributed by atoms with E-state index in [1.54, 1.807) is 0 Å². The summed E-state index contributed by atoms with van der Waals surface area (Å²) in [4.78, 5) is 33.6. The predicted molar refractivity (Wildman–Crippen MR) is 80.2 cm³/mol. The Morgan fingerprint density at radius 2 is 1.90 bits per heavy atom. The molecular weight excluding hydrogens is 340 g/mol. The fourth-order valence-electron chi connectivity index (χ4n) is 1.88. The highest BCUT2D eigenvalue weighted by Gasteiger charge is 2.16. The molecule has 0 bridgehead atoms. The Morgan fingerprint density at radius 1 is 1.24 bits per heavy atom. The molecule has 0 spiro atoms. The van der Waals surface area contributed by atoms with Crippen LogP contribution < -0.4 is 5.43 Å². The van der Waals surface area contributed by atoms with Gasteiger partial charge in [-0.2, -0.15) is 0 Å². The molecule has 1 heterocycles. The SMILES string of the molecule is O=C(Cc1ccccc1)Cn1cc(Br)c(=O)c([N+](=O)[O-])c1. The summed E-state index contributed by atoms with van der Waals surface area (Å²) in [6.07, 6.45) is 2.69. The predicted octanol–water partition coefficient (Wildman–Crippen LogP) is 2.33. The number of carbonyl (C=O) groups is 1. The lowest BCUT2D eigenvalue weighted by molar-refractivity contribution is -0.386. The Hall–Kier alpha value is -2.28. The molecule has 0 radical (unpaired) electrons. The van der Waals surface area contributed by atoms with Crippen LogP contribution in [0.1, 0.15) is 5.56 Å². The van der Waals surface area contributed by atoms with E-state index in [2.05, 4.69) is 15.9 Å². The summed E-state index contributed by atoms with van der Waals surface area (Å²) in [6.45, 7) is -0.0331. The summed E-state index contributed by atoms with van der Waals surface area (Å²) >= 11 is 2.97. The van der Waals surface area contributed by atoms with Crippen LogP contribution in [0.4, 0.5) is 5.69 Å². The van der Waals surface area contributed by atoms with E-state index in [0.717, 1.165) is 11.8 Å². The average Bonchev–Trinajstić information content (AvgIpc) is 2.43. The molecule has 1 aromatic carbocycles. The standard InChI is InChI=1S/C14H11BrN2O4/c15-12-8-16(9-13(14(12)19)17(20)21)7-11(18)6-10-4-2-1-3-5-10/h1-5,8-9H,6-7H2. The number of hydrogen-bond donors (Lipinski definition) is 0. The molecule has 0 saturated heterocycles. The van der Waals surface area contributed by atoms with E-state index in [-0.39, 0.29) is 23.2 Å². The van der Waals surface area contributed by atoms with Crippen molar-refractivity contribution in [2.24, 2.45) is 0 Å². The number of nitro groups is 1. The first-order chi connectivity index (χ1) is 9.97. The van der Waals surface area contributed by atoms with Crippen molar-refractivity contribution < 1.29 is 9.72 Å². The third kappa shape index (κ3) is 3.85. The largest absolute Gasteiger partial charge is 0.339 e. The van der Waals surface area contributed by atoms with E-state index in [9.17, 15) is 19.7 Å². The number of benzene rings is 1. The molecule has 0 fully saturated rings. The van der Waals surface area contributed by atoms with Crippen molar-refractivity contribution in [3.05, 3.63) is 73.1 Å². The van der Waals surface area contributed by atoms with Crippen molar-refractivity contribution in [3.8, 4) is 0 Å². The first kappa shape index (κ1) is 15.1. The number of aromatic nitrogens is 1. The van der Waals surface area contributed by atoms with E-state index in [1.807, 2.05) is 30.3 Å². The second kappa shape index (κ2) is 6.45. The number of pyridine rings is 1. The second-order valence-corrected chi connectivity index (χ2v) is 5.31. The monoisotopic (exact) mass is 350 g/mol. The fourth-order valence-corrected chi connectivity index (χ4v) is 2.35. The molecule has 2 rings (SSSR count). The summed E-state index contributed by atoms with van der Waals surface area (Å²) in [7, 11) is 0. The zero-order valence-corrected chi connectivity index (χ0v) is 12.4. The van der Waals surface area contributed by atoms with Crippen LogP contribution in [0.25, 0.3) is 0 Å². The molecule has 0 aliphatic carbocycles. The van der Waals surface area contributed by atoms with E-state index >= 15 is 0 Å². The Balaban J connectivity index is 2.18. The molecule has 0 aliphatic rings. The minimum Gasteiger partial charge on any atom is -0.339 e. The zero-order valence-electron chi connectivity index (χ0n) is 10.9. The number of halogens is 1. The minimum atomic E-state index is -0.759. The average molecular weight is 351 g/mol. The number of hydrogen-bond acceptors (Lipinski definition) is 4. The molecule has 0 unspecified atom stereocenters. The lowest BCUT2D eigenvalue weighted by atomic mass is 10.1. The van der Waals surface area contributed by atoms with Crippen LogP contribution in [0.3, 0.4) is 0 Å². The highest BCUT2D eigenvalue weighted by molar-refractivity contribution is 9.10. The van der Waals surface area contributed by atoms with Gasteiger partial charge in [0.2, 0.25) is 0 Å². The zero-order chi connectivity index (χ0) is 15.4. The maximum atomic E-state index is 12.0. The van der Waals surface area contributed by atoms with Crippen LogP contribution in [-0.2, 0) is 17.8 Å². The van der Waals surface area contributed by atoms with Gasteiger partial charge in [0, 0.05) is 12.6 Å². The van der Waals surface area contributed by atoms with Crippen molar-refractivity contribution in [1.29, 1.82) is 0 Å². The molecule has 21 heavy (non-hydrogen) atoms. The van der Waals surface area contributed by atoms with Crippen molar-refractivity contribution in [2.45, 2.75) is 13.0 Å². The molecule has 108 valence electrons. The van der Waals surface area contributed by atoms with Crippen LogP contribution in [0, 0.1) is 10.1 Å². The van der Waals surface area contributed by atoms with E-state index in [1.165, 1.54) is 10.8 Å². The van der Waals surface area contributed by atoms with Gasteiger partial charge in [-0.05, 0) is 21.5 Å². The summed E-state index contributed by atoms with van der Waals surface area (Å²) in [6, 6.07) is 9.20. The molecule has 6 nitrogen and oxygen atoms in total. The van der Waals surface area contributed by atoms with Gasteiger partial charge >= 0.3 is 5.69 Å². The van der Waals surface area contributed by atoms with Crippen LogP contribution >= 0.6 is 15.9 Å². The molecule has 1 aromatic heterocycles. The van der Waals surface area contributed by atoms with Crippen LogP contribution in [0.15, 0.2) is 52.0 Å². The van der Waals surface area contributed by atoms with Gasteiger partial charge in [0.1, 0.15) is 0 Å². The highest BCUT2D eigenvalue weighted by atomic mass is 79.9. The molecule has 2 aromatic rings. The summed E-state index contributed by atoms with van der Waals surface area (Å²) in [5.41, 5.74) is -0.388. The van der Waals surface area contributed by atoms with Gasteiger partial charge in [-0.15, -0.1) is 0 Å². The topological polar surface area (TPSA) is 82.2 Å². The van der Waals surface area contributed by atoms with Crippen molar-refractivity contribution in [2.75, 3.05) is 0 Å². The number of rotatable bonds is 5. The number of Topliss-reactive ketones (excluding diaryl/α,β-unsaturated/α-hetero) is 1. The lowest BCUT2D eigenvalue weighted by Gasteiger charge is -2.06. The number of carbonyl (C=O) groups excluding carboxylic acids is 1. The molecule has 0 saturated carbocycles. The van der Waals surface area contributed by atoms with E-state index < -0.39 is 16.0 Å². The summed E-state index contributed by atoms with van der Waals surface area (Å²) < 4.78 is 1.40. The first-order valence-corrected chi connectivity index (χ1v) is 6.86. The maximum absolute atomic E-state index is 12.0. The van der Waals surface area contributed by atoms with E-state index in [4.69, 9.17) is 0 Å². The van der Waals surface area contributed by atoms with Gasteiger partial charge in [-0.3, -0.25) is 19.7 Å². The molecule has 0 amide bonds. The Labute approximate surface area is 128 Å². The third-order valence-corrected chi connectivity index (χ3v) is 3.38. The van der Waals surface area contributed by atoms with Crippen LogP contribution in [0.2, 0.25) is 0 Å². The van der Waals surface area contributed by atoms with Gasteiger partial charge in [-0.1, -0.05) is 30.3 Å².